The SMILES string of the molecule is Cc1cc(C(F)F)nn1C(C)C(=O)Nc1ccc([N+](=O)[O-])cc1. The molecule has 23 heavy (non-hydrogen) atoms. The molecule has 0 saturated carbocycles. The number of rotatable bonds is 5. The zero-order valence-electron chi connectivity index (χ0n) is 12.4. The van der Waals surface area contributed by atoms with E-state index in [1.807, 2.05) is 0 Å². The lowest BCUT2D eigenvalue weighted by molar-refractivity contribution is -0.384. The minimum atomic E-state index is -2.71. The Labute approximate surface area is 130 Å². The first-order valence-electron chi connectivity index (χ1n) is 6.69. The molecule has 1 atom stereocenters. The van der Waals surface area contributed by atoms with Crippen LogP contribution in [0.25, 0.3) is 0 Å². The number of nitrogens with one attached hydrogen (secondary N) is 1. The fourth-order valence-electron chi connectivity index (χ4n) is 2.04. The topological polar surface area (TPSA) is 90.1 Å². The highest BCUT2D eigenvalue weighted by atomic mass is 19.3. The van der Waals surface area contributed by atoms with E-state index in [1.165, 1.54) is 41.9 Å². The number of aromatic nitrogens is 2. The number of halogens is 2. The van der Waals surface area contributed by atoms with Crippen molar-refractivity contribution in [3.05, 3.63) is 51.8 Å². The molecule has 122 valence electrons. The highest BCUT2D eigenvalue weighted by Gasteiger charge is 2.21. The number of hydrogen-bond donors (Lipinski definition) is 1. The first kappa shape index (κ1) is 16.5. The molecule has 1 amide bonds. The van der Waals surface area contributed by atoms with Crippen molar-refractivity contribution in [2.24, 2.45) is 0 Å². The fraction of sp³-hybridized carbons (Fsp3) is 0.286. The number of nitrogens with zero attached hydrogens (tertiary/aromatic N) is 3. The van der Waals surface area contributed by atoms with Gasteiger partial charge in [-0.05, 0) is 32.0 Å². The van der Waals surface area contributed by atoms with Gasteiger partial charge in [0.2, 0.25) is 5.91 Å². The Bertz CT molecular complexity index is 728. The Morgan fingerprint density at radius 1 is 1.35 bits per heavy atom. The summed E-state index contributed by atoms with van der Waals surface area (Å²) in [5, 5.41) is 16.9. The first-order valence-corrected chi connectivity index (χ1v) is 6.69. The third-order valence-electron chi connectivity index (χ3n) is 3.26. The Hall–Kier alpha value is -2.84. The van der Waals surface area contributed by atoms with E-state index in [0.717, 1.165) is 0 Å². The number of alkyl halides is 2. The molecule has 1 N–H and O–H groups in total. The molecule has 7 nitrogen and oxygen atoms in total. The molecule has 9 heteroatoms. The van der Waals surface area contributed by atoms with Gasteiger partial charge < -0.3 is 5.32 Å². The van der Waals surface area contributed by atoms with E-state index in [9.17, 15) is 23.7 Å². The summed E-state index contributed by atoms with van der Waals surface area (Å²) < 4.78 is 26.5. The molecule has 1 heterocycles. The van der Waals surface area contributed by atoms with Crippen molar-refractivity contribution in [3.8, 4) is 0 Å². The number of benzene rings is 1. The quantitative estimate of drug-likeness (QED) is 0.675. The van der Waals surface area contributed by atoms with Crippen LogP contribution in [0.1, 0.15) is 30.8 Å². The summed E-state index contributed by atoms with van der Waals surface area (Å²) in [5.41, 5.74) is 0.316. The summed E-state index contributed by atoms with van der Waals surface area (Å²) in [4.78, 5) is 22.2. The maximum Gasteiger partial charge on any atom is 0.282 e. The van der Waals surface area contributed by atoms with E-state index >= 15 is 0 Å². The molecule has 0 spiro atoms. The number of amides is 1. The van der Waals surface area contributed by atoms with Crippen molar-refractivity contribution in [1.82, 2.24) is 9.78 Å². The van der Waals surface area contributed by atoms with E-state index in [4.69, 9.17) is 0 Å². The van der Waals surface area contributed by atoms with Gasteiger partial charge in [-0.25, -0.2) is 8.78 Å². The van der Waals surface area contributed by atoms with Crippen molar-refractivity contribution in [3.63, 3.8) is 0 Å². The summed E-state index contributed by atoms with van der Waals surface area (Å²) >= 11 is 0. The van der Waals surface area contributed by atoms with Crippen molar-refractivity contribution >= 4 is 17.3 Å². The van der Waals surface area contributed by atoms with E-state index in [0.29, 0.717) is 11.4 Å². The van der Waals surface area contributed by atoms with Crippen LogP contribution in [0, 0.1) is 17.0 Å². The van der Waals surface area contributed by atoms with Crippen LogP contribution in [0.2, 0.25) is 0 Å². The highest BCUT2D eigenvalue weighted by molar-refractivity contribution is 5.93. The zero-order valence-corrected chi connectivity index (χ0v) is 12.4. The lowest BCUT2D eigenvalue weighted by atomic mass is 10.2. The van der Waals surface area contributed by atoms with E-state index < -0.39 is 29.0 Å². The summed E-state index contributed by atoms with van der Waals surface area (Å²) in [6.45, 7) is 3.10. The van der Waals surface area contributed by atoms with E-state index in [1.54, 1.807) is 6.92 Å². The van der Waals surface area contributed by atoms with E-state index in [2.05, 4.69) is 10.4 Å². The van der Waals surface area contributed by atoms with Crippen LogP contribution in [-0.4, -0.2) is 20.6 Å². The normalized spacial score (nSPS) is 12.2. The average molecular weight is 324 g/mol. The molecular formula is C14H14F2N4O3. The molecule has 1 aromatic carbocycles. The van der Waals surface area contributed by atoms with Crippen LogP contribution in [0.3, 0.4) is 0 Å². The van der Waals surface area contributed by atoms with Crippen LogP contribution in [0.4, 0.5) is 20.2 Å². The van der Waals surface area contributed by atoms with Crippen molar-refractivity contribution < 1.29 is 18.5 Å². The third-order valence-corrected chi connectivity index (χ3v) is 3.26. The van der Waals surface area contributed by atoms with Gasteiger partial charge >= 0.3 is 0 Å². The van der Waals surface area contributed by atoms with Gasteiger partial charge in [0.25, 0.3) is 12.1 Å². The maximum atomic E-state index is 12.6. The zero-order chi connectivity index (χ0) is 17.1. The Morgan fingerprint density at radius 3 is 2.43 bits per heavy atom. The molecule has 0 aliphatic heterocycles. The van der Waals surface area contributed by atoms with Gasteiger partial charge in [-0.1, -0.05) is 0 Å². The highest BCUT2D eigenvalue weighted by Crippen LogP contribution is 2.21. The Kier molecular flexibility index (Phi) is 4.68. The van der Waals surface area contributed by atoms with Gasteiger partial charge in [-0.3, -0.25) is 19.6 Å². The number of anilines is 1. The number of aryl methyl sites for hydroxylation is 1. The number of non-ortho nitro benzene ring substituents is 1. The molecular weight excluding hydrogens is 310 g/mol. The van der Waals surface area contributed by atoms with Gasteiger partial charge in [-0.15, -0.1) is 0 Å². The number of nitro benzene ring substituents is 1. The third kappa shape index (κ3) is 3.68. The number of carbonyl (C=O) groups is 1. The maximum absolute atomic E-state index is 12.6. The van der Waals surface area contributed by atoms with Crippen LogP contribution >= 0.6 is 0 Å². The van der Waals surface area contributed by atoms with Crippen molar-refractivity contribution in [2.45, 2.75) is 26.3 Å². The summed E-state index contributed by atoms with van der Waals surface area (Å²) in [7, 11) is 0. The van der Waals surface area contributed by atoms with Gasteiger partial charge in [0.15, 0.2) is 0 Å². The van der Waals surface area contributed by atoms with Gasteiger partial charge in [0.1, 0.15) is 11.7 Å². The minimum absolute atomic E-state index is 0.0967. The van der Waals surface area contributed by atoms with Gasteiger partial charge in [-0.2, -0.15) is 5.10 Å². The first-order chi connectivity index (χ1) is 10.8. The second kappa shape index (κ2) is 6.51. The standard InChI is InChI=1S/C14H14F2N4O3/c1-8-7-12(13(15)16)18-19(8)9(2)14(21)17-10-3-5-11(6-4-10)20(22)23/h3-7,9,13H,1-2H3,(H,17,21). The smallest absolute Gasteiger partial charge is 0.282 e. The number of hydrogen-bond acceptors (Lipinski definition) is 4. The predicted octanol–water partition coefficient (Wildman–Crippen LogP) is 3.24. The van der Waals surface area contributed by atoms with Gasteiger partial charge in [0.05, 0.1) is 4.92 Å². The second-order valence-electron chi connectivity index (χ2n) is 4.93. The van der Waals surface area contributed by atoms with Crippen molar-refractivity contribution in [1.29, 1.82) is 0 Å². The molecule has 0 aliphatic carbocycles. The molecule has 2 aromatic rings. The summed E-state index contributed by atoms with van der Waals surface area (Å²) in [6, 6.07) is 5.72. The van der Waals surface area contributed by atoms with Gasteiger partial charge in [0, 0.05) is 23.5 Å². The number of carbonyl (C=O) groups excluding carboxylic acids is 1. The van der Waals surface area contributed by atoms with Crippen LogP contribution in [0.5, 0.6) is 0 Å². The monoisotopic (exact) mass is 324 g/mol. The Morgan fingerprint density at radius 2 is 1.96 bits per heavy atom. The van der Waals surface area contributed by atoms with Crippen LogP contribution in [-0.2, 0) is 4.79 Å². The minimum Gasteiger partial charge on any atom is -0.324 e. The number of nitro groups is 1. The summed E-state index contributed by atoms with van der Waals surface area (Å²) in [6.07, 6.45) is -2.71. The molecule has 0 radical (unpaired) electrons. The fourth-order valence-corrected chi connectivity index (χ4v) is 2.04. The molecule has 0 fully saturated rings. The lowest BCUT2D eigenvalue weighted by Crippen LogP contribution is -2.25. The molecule has 0 saturated heterocycles. The van der Waals surface area contributed by atoms with E-state index in [-0.39, 0.29) is 5.69 Å². The largest absolute Gasteiger partial charge is 0.324 e. The van der Waals surface area contributed by atoms with Crippen LogP contribution in [0.15, 0.2) is 30.3 Å². The second-order valence-corrected chi connectivity index (χ2v) is 4.93. The molecule has 0 bridgehead atoms. The van der Waals surface area contributed by atoms with Crippen molar-refractivity contribution in [2.75, 3.05) is 5.32 Å². The molecule has 2 rings (SSSR count). The lowest BCUT2D eigenvalue weighted by Gasteiger charge is -2.14. The molecule has 1 unspecified atom stereocenters. The van der Waals surface area contributed by atoms with Crippen LogP contribution < -0.4 is 5.32 Å². The molecule has 0 aliphatic rings. The summed E-state index contributed by atoms with van der Waals surface area (Å²) in [5.74, 6) is -0.467. The average Bonchev–Trinajstić information content (AvgIpc) is 2.89. The predicted molar refractivity (Wildman–Crippen MR) is 78.4 cm³/mol. The molecule has 1 aromatic heterocycles. The Balaban J connectivity index is 2.12.